The summed E-state index contributed by atoms with van der Waals surface area (Å²) in [6.07, 6.45) is 7.59. The number of nitrogens with zero attached hydrogens (tertiary/aromatic N) is 2. The van der Waals surface area contributed by atoms with Gasteiger partial charge in [-0.25, -0.2) is 0 Å². The zero-order valence-electron chi connectivity index (χ0n) is 11.2. The highest BCUT2D eigenvalue weighted by Gasteiger charge is 2.03. The van der Waals surface area contributed by atoms with E-state index in [2.05, 4.69) is 29.3 Å². The zero-order valence-corrected chi connectivity index (χ0v) is 11.2. The van der Waals surface area contributed by atoms with E-state index in [9.17, 15) is 5.26 Å². The molecule has 2 nitrogen and oxygen atoms in total. The Kier molecular flexibility index (Phi) is 3.68. The van der Waals surface area contributed by atoms with Gasteiger partial charge in [0.15, 0.2) is 0 Å². The van der Waals surface area contributed by atoms with Crippen molar-refractivity contribution in [1.82, 2.24) is 4.57 Å². The van der Waals surface area contributed by atoms with Crippen molar-refractivity contribution in [2.75, 3.05) is 0 Å². The van der Waals surface area contributed by atoms with Crippen LogP contribution in [0.1, 0.15) is 12.5 Å². The van der Waals surface area contributed by atoms with Crippen LogP contribution in [-0.2, 0) is 7.05 Å². The molecule has 0 spiro atoms. The van der Waals surface area contributed by atoms with Gasteiger partial charge in [-0.05, 0) is 25.1 Å². The molecular weight excluding hydrogens is 232 g/mol. The van der Waals surface area contributed by atoms with Crippen molar-refractivity contribution in [2.45, 2.75) is 6.92 Å². The number of para-hydroxylation sites is 1. The van der Waals surface area contributed by atoms with E-state index in [1.54, 1.807) is 6.08 Å². The van der Waals surface area contributed by atoms with E-state index < -0.39 is 0 Å². The van der Waals surface area contributed by atoms with Crippen LogP contribution in [0.25, 0.3) is 17.0 Å². The van der Waals surface area contributed by atoms with Crippen LogP contribution in [-0.4, -0.2) is 4.57 Å². The molecule has 1 aromatic heterocycles. The SMILES string of the molecule is C=C(C)/C=C/C(C#N)=C\c1cn(C)c2ccccc12. The smallest absolute Gasteiger partial charge is 0.0991 e. The van der Waals surface area contributed by atoms with E-state index in [1.165, 1.54) is 0 Å². The van der Waals surface area contributed by atoms with Crippen LogP contribution in [0, 0.1) is 11.3 Å². The van der Waals surface area contributed by atoms with Gasteiger partial charge in [0.2, 0.25) is 0 Å². The van der Waals surface area contributed by atoms with Gasteiger partial charge < -0.3 is 4.57 Å². The first-order valence-electron chi connectivity index (χ1n) is 6.11. The molecule has 0 aliphatic rings. The van der Waals surface area contributed by atoms with Gasteiger partial charge in [-0.1, -0.05) is 36.4 Å². The van der Waals surface area contributed by atoms with Crippen LogP contribution >= 0.6 is 0 Å². The van der Waals surface area contributed by atoms with Crippen molar-refractivity contribution >= 4 is 17.0 Å². The first kappa shape index (κ1) is 12.9. The number of aryl methyl sites for hydroxylation is 1. The molecular formula is C17H16N2. The minimum absolute atomic E-state index is 0.624. The van der Waals surface area contributed by atoms with Crippen molar-refractivity contribution in [3.8, 4) is 6.07 Å². The Morgan fingerprint density at radius 2 is 2.05 bits per heavy atom. The molecule has 1 aromatic carbocycles. The number of rotatable bonds is 3. The summed E-state index contributed by atoms with van der Waals surface area (Å²) in [7, 11) is 2.01. The maximum atomic E-state index is 9.17. The molecule has 19 heavy (non-hydrogen) atoms. The number of hydrogen-bond acceptors (Lipinski definition) is 1. The Labute approximate surface area is 113 Å². The fourth-order valence-electron chi connectivity index (χ4n) is 2.01. The molecule has 2 heteroatoms. The van der Waals surface area contributed by atoms with Crippen LogP contribution in [0.3, 0.4) is 0 Å². The number of nitriles is 1. The van der Waals surface area contributed by atoms with Crippen molar-refractivity contribution in [3.63, 3.8) is 0 Å². The predicted molar refractivity (Wildman–Crippen MR) is 80.5 cm³/mol. The lowest BCUT2D eigenvalue weighted by molar-refractivity contribution is 0.968. The van der Waals surface area contributed by atoms with Crippen LogP contribution in [0.2, 0.25) is 0 Å². The van der Waals surface area contributed by atoms with E-state index >= 15 is 0 Å². The maximum absolute atomic E-state index is 9.17. The van der Waals surface area contributed by atoms with Crippen molar-refractivity contribution in [1.29, 1.82) is 5.26 Å². The second kappa shape index (κ2) is 5.41. The van der Waals surface area contributed by atoms with Gasteiger partial charge in [0.05, 0.1) is 11.6 Å². The van der Waals surface area contributed by atoms with Crippen LogP contribution in [0.15, 0.2) is 60.3 Å². The molecule has 0 amide bonds. The average Bonchev–Trinajstić information content (AvgIpc) is 2.72. The zero-order chi connectivity index (χ0) is 13.8. The Hall–Kier alpha value is -2.53. The summed E-state index contributed by atoms with van der Waals surface area (Å²) in [5.41, 5.74) is 3.77. The fraction of sp³-hybridized carbons (Fsp3) is 0.118. The largest absolute Gasteiger partial charge is 0.350 e. The minimum Gasteiger partial charge on any atom is -0.350 e. The van der Waals surface area contributed by atoms with Crippen molar-refractivity contribution < 1.29 is 0 Å². The van der Waals surface area contributed by atoms with E-state index in [0.29, 0.717) is 5.57 Å². The van der Waals surface area contributed by atoms with E-state index in [4.69, 9.17) is 0 Å². The van der Waals surface area contributed by atoms with Crippen molar-refractivity contribution in [2.24, 2.45) is 7.05 Å². The monoisotopic (exact) mass is 248 g/mol. The molecule has 94 valence electrons. The average molecular weight is 248 g/mol. The quantitative estimate of drug-likeness (QED) is 0.590. The number of fused-ring (bicyclic) bond motifs is 1. The Morgan fingerprint density at radius 1 is 1.32 bits per heavy atom. The summed E-state index contributed by atoms with van der Waals surface area (Å²) in [6.45, 7) is 5.70. The highest BCUT2D eigenvalue weighted by atomic mass is 14.9. The molecule has 0 unspecified atom stereocenters. The van der Waals surface area contributed by atoms with Gasteiger partial charge in [-0.3, -0.25) is 0 Å². The number of hydrogen-bond donors (Lipinski definition) is 0. The Balaban J connectivity index is 2.50. The number of benzene rings is 1. The molecule has 0 saturated carbocycles. The molecule has 1 heterocycles. The first-order valence-corrected chi connectivity index (χ1v) is 6.11. The van der Waals surface area contributed by atoms with Crippen LogP contribution in [0.4, 0.5) is 0 Å². The van der Waals surface area contributed by atoms with Crippen LogP contribution in [0.5, 0.6) is 0 Å². The lowest BCUT2D eigenvalue weighted by Gasteiger charge is -1.93. The van der Waals surface area contributed by atoms with Gasteiger partial charge in [0.1, 0.15) is 0 Å². The highest BCUT2D eigenvalue weighted by Crippen LogP contribution is 2.22. The van der Waals surface area contributed by atoms with Gasteiger partial charge in [0, 0.05) is 29.7 Å². The lowest BCUT2D eigenvalue weighted by atomic mass is 10.1. The molecule has 0 fully saturated rings. The Morgan fingerprint density at radius 3 is 2.74 bits per heavy atom. The molecule has 0 atom stereocenters. The lowest BCUT2D eigenvalue weighted by Crippen LogP contribution is -1.81. The second-order valence-electron chi connectivity index (χ2n) is 4.60. The van der Waals surface area contributed by atoms with E-state index in [0.717, 1.165) is 22.0 Å². The summed E-state index contributed by atoms with van der Waals surface area (Å²) in [4.78, 5) is 0. The summed E-state index contributed by atoms with van der Waals surface area (Å²) >= 11 is 0. The topological polar surface area (TPSA) is 28.7 Å². The standard InChI is InChI=1S/C17H16N2/c1-13(2)8-9-14(11-18)10-15-12-19(3)17-7-5-4-6-16(15)17/h4-10,12H,1H2,2-3H3/b9-8+,14-10+. The Bertz CT molecular complexity index is 721. The minimum atomic E-state index is 0.624. The normalized spacial score (nSPS) is 11.9. The van der Waals surface area contributed by atoms with Gasteiger partial charge in [0.25, 0.3) is 0 Å². The molecule has 2 aromatic rings. The highest BCUT2D eigenvalue weighted by molar-refractivity contribution is 5.90. The third kappa shape index (κ3) is 2.83. The third-order valence-electron chi connectivity index (χ3n) is 2.92. The second-order valence-corrected chi connectivity index (χ2v) is 4.60. The van der Waals surface area contributed by atoms with Gasteiger partial charge in [-0.2, -0.15) is 5.26 Å². The number of allylic oxidation sites excluding steroid dienone is 4. The first-order chi connectivity index (χ1) is 9.11. The molecule has 0 bridgehead atoms. The maximum Gasteiger partial charge on any atom is 0.0991 e. The molecule has 0 aliphatic carbocycles. The predicted octanol–water partition coefficient (Wildman–Crippen LogP) is 4.22. The third-order valence-corrected chi connectivity index (χ3v) is 2.92. The summed E-state index contributed by atoms with van der Waals surface area (Å²) in [6, 6.07) is 10.4. The molecule has 0 N–H and O–H groups in total. The molecule has 2 rings (SSSR count). The fourth-order valence-corrected chi connectivity index (χ4v) is 2.01. The van der Waals surface area contributed by atoms with Crippen molar-refractivity contribution in [3.05, 3.63) is 65.9 Å². The summed E-state index contributed by atoms with van der Waals surface area (Å²) in [5, 5.41) is 10.3. The molecule has 0 saturated heterocycles. The summed E-state index contributed by atoms with van der Waals surface area (Å²) < 4.78 is 2.07. The molecule has 0 radical (unpaired) electrons. The van der Waals surface area contributed by atoms with E-state index in [-0.39, 0.29) is 0 Å². The summed E-state index contributed by atoms with van der Waals surface area (Å²) in [5.74, 6) is 0. The molecule has 0 aliphatic heterocycles. The van der Waals surface area contributed by atoms with Crippen LogP contribution < -0.4 is 0 Å². The number of aromatic nitrogens is 1. The van der Waals surface area contributed by atoms with Gasteiger partial charge in [-0.15, -0.1) is 0 Å². The van der Waals surface area contributed by atoms with E-state index in [1.807, 2.05) is 44.5 Å². The van der Waals surface area contributed by atoms with Gasteiger partial charge >= 0.3 is 0 Å².